The van der Waals surface area contributed by atoms with Crippen LogP contribution in [0.2, 0.25) is 5.04 Å². The summed E-state index contributed by atoms with van der Waals surface area (Å²) in [4.78, 5) is 11.2. The van der Waals surface area contributed by atoms with Gasteiger partial charge in [0, 0.05) is 6.61 Å². The molecule has 33 heavy (non-hydrogen) atoms. The van der Waals surface area contributed by atoms with Crippen molar-refractivity contribution in [3.8, 4) is 0 Å². The lowest BCUT2D eigenvalue weighted by molar-refractivity contribution is -0.137. The zero-order valence-corrected chi connectivity index (χ0v) is 23.0. The third-order valence-corrected chi connectivity index (χ3v) is 13.3. The third kappa shape index (κ3) is 5.29. The molecule has 180 valence electrons. The van der Waals surface area contributed by atoms with Gasteiger partial charge in [0.15, 0.2) is 0 Å². The molecule has 1 heterocycles. The van der Waals surface area contributed by atoms with Gasteiger partial charge in [-0.25, -0.2) is 0 Å². The molecule has 4 nitrogen and oxygen atoms in total. The molecule has 0 aliphatic carbocycles. The van der Waals surface area contributed by atoms with Gasteiger partial charge >= 0.3 is 0 Å². The molecule has 1 fully saturated rings. The van der Waals surface area contributed by atoms with E-state index in [1.165, 1.54) is 10.4 Å². The zero-order chi connectivity index (χ0) is 24.1. The molecule has 6 heteroatoms. The Morgan fingerprint density at radius 3 is 2.06 bits per heavy atom. The number of carbonyl (C=O) groups is 1. The fourth-order valence-corrected chi connectivity index (χ4v) is 10.6. The van der Waals surface area contributed by atoms with Gasteiger partial charge in [-0.05, 0) is 35.2 Å². The highest BCUT2D eigenvalue weighted by molar-refractivity contribution is 9.09. The molecule has 1 aliphatic heterocycles. The van der Waals surface area contributed by atoms with Gasteiger partial charge in [0.05, 0.1) is 16.5 Å². The second kappa shape index (κ2) is 10.9. The van der Waals surface area contributed by atoms with Crippen LogP contribution in [0.5, 0.6) is 0 Å². The number of hydrogen-bond donors (Lipinski definition) is 0. The molecule has 0 unspecified atom stereocenters. The summed E-state index contributed by atoms with van der Waals surface area (Å²) in [5, 5.41) is 2.43. The number of benzene rings is 2. The second-order valence-electron chi connectivity index (χ2n) is 10.1. The summed E-state index contributed by atoms with van der Waals surface area (Å²) in [5.74, 6) is 0. The van der Waals surface area contributed by atoms with E-state index < -0.39 is 8.32 Å². The van der Waals surface area contributed by atoms with Crippen molar-refractivity contribution in [3.05, 3.63) is 60.7 Å². The highest BCUT2D eigenvalue weighted by atomic mass is 79.9. The van der Waals surface area contributed by atoms with Crippen molar-refractivity contribution < 1.29 is 18.7 Å². The first-order valence-electron chi connectivity index (χ1n) is 11.9. The molecule has 0 aromatic heterocycles. The van der Waals surface area contributed by atoms with Crippen LogP contribution in [0.3, 0.4) is 0 Å². The molecule has 1 aliphatic rings. The van der Waals surface area contributed by atoms with E-state index in [0.717, 1.165) is 12.8 Å². The maximum Gasteiger partial charge on any atom is 0.293 e. The summed E-state index contributed by atoms with van der Waals surface area (Å²) >= 11 is 3.77. The van der Waals surface area contributed by atoms with Crippen molar-refractivity contribution in [1.29, 1.82) is 0 Å². The monoisotopic (exact) mass is 532 g/mol. The van der Waals surface area contributed by atoms with Crippen LogP contribution in [0.4, 0.5) is 0 Å². The Morgan fingerprint density at radius 1 is 1.06 bits per heavy atom. The van der Waals surface area contributed by atoms with Crippen molar-refractivity contribution in [1.82, 2.24) is 0 Å². The van der Waals surface area contributed by atoms with Gasteiger partial charge in [-0.2, -0.15) is 0 Å². The average molecular weight is 534 g/mol. The number of alkyl halides is 1. The van der Waals surface area contributed by atoms with E-state index in [-0.39, 0.29) is 27.7 Å². The number of hydrogen-bond acceptors (Lipinski definition) is 4. The standard InChI is InChI=1S/C27H37BrO4Si/c1-6-18-27(5)25(28)24(30-20-29)23(32-27)17-19-31-33(26(2,3)4,21-13-9-7-10-14-21)22-15-11-8-12-16-22/h7-16,20,23-25H,6,17-19H2,1-5H3/t23-,24-,25+,27-/m0/s1. The lowest BCUT2D eigenvalue weighted by atomic mass is 9.95. The maximum absolute atomic E-state index is 11.2. The van der Waals surface area contributed by atoms with Crippen LogP contribution >= 0.6 is 15.9 Å². The Balaban J connectivity index is 1.90. The van der Waals surface area contributed by atoms with E-state index in [0.29, 0.717) is 19.5 Å². The fraction of sp³-hybridized carbons (Fsp3) is 0.519. The number of halogens is 1. The first-order valence-corrected chi connectivity index (χ1v) is 14.7. The molecule has 4 atom stereocenters. The van der Waals surface area contributed by atoms with Crippen molar-refractivity contribution in [2.24, 2.45) is 0 Å². The normalized spacial score (nSPS) is 25.7. The minimum Gasteiger partial charge on any atom is -0.460 e. The van der Waals surface area contributed by atoms with Gasteiger partial charge in [-0.15, -0.1) is 0 Å². The molecule has 0 amide bonds. The summed E-state index contributed by atoms with van der Waals surface area (Å²) < 4.78 is 19.0. The van der Waals surface area contributed by atoms with Crippen molar-refractivity contribution in [3.63, 3.8) is 0 Å². The number of carbonyl (C=O) groups excluding carboxylic acids is 1. The quantitative estimate of drug-likeness (QED) is 0.239. The van der Waals surface area contributed by atoms with E-state index in [4.69, 9.17) is 13.9 Å². The molecule has 1 saturated heterocycles. The maximum atomic E-state index is 11.2. The lowest BCUT2D eigenvalue weighted by Gasteiger charge is -2.43. The van der Waals surface area contributed by atoms with Crippen LogP contribution in [0, 0.1) is 0 Å². The SMILES string of the molecule is CCC[C@]1(C)O[C@@H](CCO[Si](c2ccccc2)(c2ccccc2)C(C)(C)C)[C@H](OC=O)[C@H]1Br. The summed E-state index contributed by atoms with van der Waals surface area (Å²) in [5.41, 5.74) is -0.371. The van der Waals surface area contributed by atoms with Crippen LogP contribution in [0.1, 0.15) is 53.9 Å². The van der Waals surface area contributed by atoms with E-state index in [1.54, 1.807) is 0 Å². The van der Waals surface area contributed by atoms with Crippen LogP contribution in [-0.2, 0) is 18.7 Å². The Morgan fingerprint density at radius 2 is 1.61 bits per heavy atom. The Labute approximate surface area is 208 Å². The minimum absolute atomic E-state index is 0.0481. The van der Waals surface area contributed by atoms with Crippen LogP contribution in [0.25, 0.3) is 0 Å². The van der Waals surface area contributed by atoms with Crippen LogP contribution in [-0.4, -0.2) is 44.0 Å². The lowest BCUT2D eigenvalue weighted by Crippen LogP contribution is -2.66. The highest BCUT2D eigenvalue weighted by Gasteiger charge is 2.53. The number of rotatable bonds is 10. The summed E-state index contributed by atoms with van der Waals surface area (Å²) in [6.07, 6.45) is 2.01. The van der Waals surface area contributed by atoms with Gasteiger partial charge in [0.25, 0.3) is 14.8 Å². The molecule has 0 spiro atoms. The Kier molecular flexibility index (Phi) is 8.59. The molecule has 3 rings (SSSR count). The van der Waals surface area contributed by atoms with E-state index >= 15 is 0 Å². The van der Waals surface area contributed by atoms with Crippen LogP contribution < -0.4 is 10.4 Å². The molecule has 0 saturated carbocycles. The van der Waals surface area contributed by atoms with Gasteiger partial charge in [0.1, 0.15) is 6.10 Å². The van der Waals surface area contributed by atoms with Gasteiger partial charge in [-0.1, -0.05) is 111 Å². The Bertz CT molecular complexity index is 846. The van der Waals surface area contributed by atoms with Crippen molar-refractivity contribution in [2.75, 3.05) is 6.61 Å². The summed E-state index contributed by atoms with van der Waals surface area (Å²) in [7, 11) is -2.61. The fourth-order valence-electron chi connectivity index (χ4n) is 5.24. The molecule has 0 bridgehead atoms. The van der Waals surface area contributed by atoms with Gasteiger partial charge in [0.2, 0.25) is 0 Å². The minimum atomic E-state index is -2.61. The topological polar surface area (TPSA) is 44.8 Å². The molecule has 0 N–H and O–H groups in total. The third-order valence-electron chi connectivity index (χ3n) is 6.76. The summed E-state index contributed by atoms with van der Waals surface area (Å²) in [6, 6.07) is 21.3. The second-order valence-corrected chi connectivity index (χ2v) is 15.4. The van der Waals surface area contributed by atoms with E-state index in [2.05, 4.69) is 111 Å². The molecular formula is C27H37BrO4Si. The van der Waals surface area contributed by atoms with Crippen molar-refractivity contribution >= 4 is 41.1 Å². The van der Waals surface area contributed by atoms with E-state index in [9.17, 15) is 4.79 Å². The highest BCUT2D eigenvalue weighted by Crippen LogP contribution is 2.42. The Hall–Kier alpha value is -1.47. The predicted octanol–water partition coefficient (Wildman–Crippen LogP) is 5.22. The molecule has 0 radical (unpaired) electrons. The zero-order valence-electron chi connectivity index (χ0n) is 20.4. The molecular weight excluding hydrogens is 496 g/mol. The summed E-state index contributed by atoms with van der Waals surface area (Å²) in [6.45, 7) is 12.1. The number of ether oxygens (including phenoxy) is 2. The largest absolute Gasteiger partial charge is 0.460 e. The van der Waals surface area contributed by atoms with Gasteiger partial charge < -0.3 is 13.9 Å². The van der Waals surface area contributed by atoms with Gasteiger partial charge in [-0.3, -0.25) is 4.79 Å². The first-order chi connectivity index (χ1) is 15.7. The average Bonchev–Trinajstić information content (AvgIpc) is 3.02. The van der Waals surface area contributed by atoms with E-state index in [1.807, 2.05) is 0 Å². The van der Waals surface area contributed by atoms with Crippen molar-refractivity contribution in [2.45, 2.75) is 81.6 Å². The molecule has 2 aromatic carbocycles. The smallest absolute Gasteiger partial charge is 0.293 e. The van der Waals surface area contributed by atoms with Crippen LogP contribution in [0.15, 0.2) is 60.7 Å². The first kappa shape index (κ1) is 26.1. The predicted molar refractivity (Wildman–Crippen MR) is 140 cm³/mol. The molecule has 2 aromatic rings.